The van der Waals surface area contributed by atoms with Gasteiger partial charge in [-0.1, -0.05) is 103 Å². The first-order valence-corrected chi connectivity index (χ1v) is 11.8. The van der Waals surface area contributed by atoms with Crippen LogP contribution in [0.25, 0.3) is 0 Å². The first-order valence-electron chi connectivity index (χ1n) is 10.8. The maximum Gasteiger partial charge on any atom is 0.0842 e. The summed E-state index contributed by atoms with van der Waals surface area (Å²) in [6, 6.07) is 0. The lowest BCUT2D eigenvalue weighted by Crippen LogP contribution is -1.99. The summed E-state index contributed by atoms with van der Waals surface area (Å²) in [6.45, 7) is 2.61. The van der Waals surface area contributed by atoms with Gasteiger partial charge in [0.05, 0.1) is 18.0 Å². The number of unbranched alkanes of at least 4 members (excludes halogenated alkanes) is 15. The molecule has 0 aliphatic heterocycles. The van der Waals surface area contributed by atoms with E-state index in [0.717, 1.165) is 12.8 Å². The van der Waals surface area contributed by atoms with Crippen molar-refractivity contribution < 1.29 is 12.9 Å². The van der Waals surface area contributed by atoms with Crippen molar-refractivity contribution >= 4 is 11.4 Å². The molecule has 5 nitrogen and oxygen atoms in total. The summed E-state index contributed by atoms with van der Waals surface area (Å²) in [5.74, 6) is 0. The minimum Gasteiger partial charge on any atom is -0.750 e. The van der Waals surface area contributed by atoms with E-state index in [0.29, 0.717) is 6.61 Å². The van der Waals surface area contributed by atoms with Crippen LogP contribution in [0.1, 0.15) is 110 Å². The summed E-state index contributed by atoms with van der Waals surface area (Å²) in [5.41, 5.74) is 0. The molecule has 0 radical (unpaired) electrons. The molecule has 0 heterocycles. The predicted octanol–water partition coefficient (Wildman–Crippen LogP) is 6.40. The van der Waals surface area contributed by atoms with Crippen molar-refractivity contribution in [3.05, 3.63) is 0 Å². The average Bonchev–Trinajstić information content (AvgIpc) is 2.57. The van der Waals surface area contributed by atoms with Gasteiger partial charge in [-0.2, -0.15) is 0 Å². The number of hydrogen-bond donors (Lipinski definition) is 1. The zero-order chi connectivity index (χ0) is 19.9. The summed E-state index contributed by atoms with van der Waals surface area (Å²) >= 11 is -2.33. The molecule has 6 heteroatoms. The monoisotopic (exact) mass is 409 g/mol. The lowest BCUT2D eigenvalue weighted by atomic mass is 10.0. The number of nitrogens with zero attached hydrogens (tertiary/aromatic N) is 1. The molecule has 0 aromatic rings. The normalized spacial score (nSPS) is 11.6. The summed E-state index contributed by atoms with van der Waals surface area (Å²) in [5, 5.41) is 0. The zero-order valence-corrected chi connectivity index (χ0v) is 19.6. The van der Waals surface area contributed by atoms with E-state index in [1.807, 2.05) is 26.0 Å². The fraction of sp³-hybridized carbons (Fsp3) is 1.00. The van der Waals surface area contributed by atoms with Crippen LogP contribution in [0.15, 0.2) is 0 Å². The molecule has 168 valence electrons. The summed E-state index contributed by atoms with van der Waals surface area (Å²) in [7, 11) is 6.00. The Bertz CT molecular complexity index is 277. The third-order valence-electron chi connectivity index (χ3n) is 4.18. The van der Waals surface area contributed by atoms with Crippen molar-refractivity contribution in [2.24, 2.45) is 0 Å². The highest BCUT2D eigenvalue weighted by Gasteiger charge is 1.94. The molecule has 0 spiro atoms. The maximum atomic E-state index is 10.1. The van der Waals surface area contributed by atoms with Gasteiger partial charge in [-0.15, -0.1) is 0 Å². The van der Waals surface area contributed by atoms with Gasteiger partial charge in [-0.3, -0.25) is 0 Å². The largest absolute Gasteiger partial charge is 0.750 e. The molecule has 0 saturated heterocycles. The summed E-state index contributed by atoms with van der Waals surface area (Å²) < 4.78 is 24.8. The van der Waals surface area contributed by atoms with Crippen LogP contribution in [0.5, 0.6) is 0 Å². The van der Waals surface area contributed by atoms with Gasteiger partial charge in [0, 0.05) is 0 Å². The Morgan fingerprint density at radius 1 is 0.667 bits per heavy atom. The van der Waals surface area contributed by atoms with E-state index in [1.165, 1.54) is 89.9 Å². The Morgan fingerprint density at radius 3 is 1.19 bits per heavy atom. The second kappa shape index (κ2) is 28.2. The van der Waals surface area contributed by atoms with E-state index in [1.54, 1.807) is 0 Å². The van der Waals surface area contributed by atoms with Crippen LogP contribution in [0.2, 0.25) is 0 Å². The van der Waals surface area contributed by atoms with Crippen molar-refractivity contribution in [2.75, 3.05) is 27.7 Å². The summed E-state index contributed by atoms with van der Waals surface area (Å²) in [6.07, 6.45) is 21.2. The highest BCUT2D eigenvalue weighted by Crippen LogP contribution is 2.13. The molecule has 0 rings (SSSR count). The Morgan fingerprint density at radius 2 is 0.926 bits per heavy atom. The van der Waals surface area contributed by atoms with Gasteiger partial charge < -0.3 is 19.8 Å². The SMILES string of the molecule is CCCCCCCCCCCCCCCCCCOS(=O)[O-].CN(C)C.N. The highest BCUT2D eigenvalue weighted by atomic mass is 32.2. The first kappa shape index (κ1) is 31.7. The lowest BCUT2D eigenvalue weighted by Gasteiger charge is -2.05. The van der Waals surface area contributed by atoms with E-state index in [4.69, 9.17) is 0 Å². The Kier molecular flexibility index (Phi) is 33.1. The van der Waals surface area contributed by atoms with Gasteiger partial charge >= 0.3 is 0 Å². The third-order valence-corrected chi connectivity index (χ3v) is 4.54. The van der Waals surface area contributed by atoms with Crippen LogP contribution in [0, 0.1) is 0 Å². The van der Waals surface area contributed by atoms with Gasteiger partial charge in [0.2, 0.25) is 0 Å². The second-order valence-electron chi connectivity index (χ2n) is 7.67. The van der Waals surface area contributed by atoms with Crippen molar-refractivity contribution in [1.82, 2.24) is 11.1 Å². The minimum atomic E-state index is -2.33. The van der Waals surface area contributed by atoms with E-state index >= 15 is 0 Å². The van der Waals surface area contributed by atoms with Crippen LogP contribution in [-0.4, -0.2) is 41.4 Å². The molecule has 0 aliphatic carbocycles. The molecule has 3 N–H and O–H groups in total. The van der Waals surface area contributed by atoms with Gasteiger partial charge in [-0.05, 0) is 27.6 Å². The van der Waals surface area contributed by atoms with Crippen molar-refractivity contribution in [1.29, 1.82) is 0 Å². The van der Waals surface area contributed by atoms with E-state index in [9.17, 15) is 8.76 Å². The Labute approximate surface area is 173 Å². The van der Waals surface area contributed by atoms with Crippen molar-refractivity contribution in [3.63, 3.8) is 0 Å². The van der Waals surface area contributed by atoms with Gasteiger partial charge in [0.1, 0.15) is 0 Å². The van der Waals surface area contributed by atoms with Crippen LogP contribution in [0.3, 0.4) is 0 Å². The molecular formula is C21H49N2O3S-. The second-order valence-corrected chi connectivity index (χ2v) is 8.31. The quantitative estimate of drug-likeness (QED) is 0.209. The molecule has 1 atom stereocenters. The van der Waals surface area contributed by atoms with E-state index in [-0.39, 0.29) is 6.15 Å². The molecule has 0 aliphatic rings. The fourth-order valence-corrected chi connectivity index (χ4v) is 3.03. The first-order chi connectivity index (χ1) is 12.5. The number of hydrogen-bond acceptors (Lipinski definition) is 5. The molecule has 0 fully saturated rings. The maximum absolute atomic E-state index is 10.1. The smallest absolute Gasteiger partial charge is 0.0842 e. The van der Waals surface area contributed by atoms with Crippen molar-refractivity contribution in [2.45, 2.75) is 110 Å². The molecular weight excluding hydrogens is 360 g/mol. The predicted molar refractivity (Wildman–Crippen MR) is 119 cm³/mol. The molecule has 0 aromatic carbocycles. The zero-order valence-electron chi connectivity index (χ0n) is 18.8. The fourth-order valence-electron chi connectivity index (χ4n) is 2.78. The highest BCUT2D eigenvalue weighted by molar-refractivity contribution is 7.74. The van der Waals surface area contributed by atoms with Crippen molar-refractivity contribution in [3.8, 4) is 0 Å². The lowest BCUT2D eigenvalue weighted by molar-refractivity contribution is 0.290. The minimum absolute atomic E-state index is 0. The molecule has 0 amide bonds. The van der Waals surface area contributed by atoms with Gasteiger partial charge in [-0.25, -0.2) is 4.21 Å². The van der Waals surface area contributed by atoms with Crippen LogP contribution < -0.4 is 6.15 Å². The van der Waals surface area contributed by atoms with Gasteiger partial charge in [0.15, 0.2) is 0 Å². The molecule has 1 unspecified atom stereocenters. The molecule has 0 bridgehead atoms. The topological polar surface area (TPSA) is 87.6 Å². The Balaban J connectivity index is -0.00000104. The van der Waals surface area contributed by atoms with E-state index in [2.05, 4.69) is 11.1 Å². The van der Waals surface area contributed by atoms with Crippen LogP contribution >= 0.6 is 0 Å². The summed E-state index contributed by atoms with van der Waals surface area (Å²) in [4.78, 5) is 2.00. The van der Waals surface area contributed by atoms with Crippen LogP contribution in [0.4, 0.5) is 0 Å². The van der Waals surface area contributed by atoms with Gasteiger partial charge in [0.25, 0.3) is 0 Å². The Hall–Kier alpha value is -0.0100. The van der Waals surface area contributed by atoms with Crippen LogP contribution in [-0.2, 0) is 15.5 Å². The van der Waals surface area contributed by atoms with E-state index < -0.39 is 11.4 Å². The third kappa shape index (κ3) is 41.5. The molecule has 0 saturated carbocycles. The average molecular weight is 410 g/mol. The standard InChI is InChI=1S/C18H38O3S.C3H9N.H3N/c1-2-3-4-5-6-7-8-9-10-11-12-13-14-15-16-17-18-21-22(19)20;1-4(2)3;/h2-18H2,1H3,(H,19,20);1-3H3;1H3/p-1. The molecule has 27 heavy (non-hydrogen) atoms. The number of rotatable bonds is 18. The molecule has 0 aromatic heterocycles.